The molecule has 0 radical (unpaired) electrons. The van der Waals surface area contributed by atoms with Crippen LogP contribution < -0.4 is 15.4 Å². The lowest BCUT2D eigenvalue weighted by Crippen LogP contribution is -2.40. The Labute approximate surface area is 172 Å². The number of fused-ring (bicyclic) bond motifs is 1. The topological polar surface area (TPSA) is 131 Å². The molecule has 158 valence electrons. The number of nitrogens with zero attached hydrogens (tertiary/aromatic N) is 2. The van der Waals surface area contributed by atoms with Crippen molar-refractivity contribution in [2.75, 3.05) is 25.5 Å². The van der Waals surface area contributed by atoms with Crippen molar-refractivity contribution in [2.45, 2.75) is 12.8 Å². The molecular formula is C20H22N4O6. The average Bonchev–Trinajstić information content (AvgIpc) is 3.01. The van der Waals surface area contributed by atoms with Gasteiger partial charge in [0.05, 0.1) is 29.6 Å². The van der Waals surface area contributed by atoms with E-state index in [0.29, 0.717) is 0 Å². The molecular weight excluding hydrogens is 392 g/mol. The highest BCUT2D eigenvalue weighted by atomic mass is 16.6. The fraction of sp³-hybridized carbons (Fsp3) is 0.450. The summed E-state index contributed by atoms with van der Waals surface area (Å²) in [4.78, 5) is 49.3. The first-order valence-corrected chi connectivity index (χ1v) is 9.81. The zero-order valence-corrected chi connectivity index (χ0v) is 16.4. The third-order valence-electron chi connectivity index (χ3n) is 6.11. The average molecular weight is 414 g/mol. The van der Waals surface area contributed by atoms with Crippen LogP contribution >= 0.6 is 0 Å². The zero-order chi connectivity index (χ0) is 21.4. The lowest BCUT2D eigenvalue weighted by atomic mass is 9.63. The molecule has 10 heteroatoms. The molecule has 30 heavy (non-hydrogen) atoms. The Morgan fingerprint density at radius 3 is 2.37 bits per heavy atom. The standard InChI is InChI=1S/C20H22N4O6/c1-30-15-7-6-13(24(28)29)10-14(15)22-20(27)21-8-9-23-18(25)16-11-2-3-12(5-4-11)17(16)19(23)26/h2-3,6-7,10-12,16-17H,4-5,8-9H2,1H3,(H2,21,22,27). The van der Waals surface area contributed by atoms with E-state index in [1.807, 2.05) is 0 Å². The summed E-state index contributed by atoms with van der Waals surface area (Å²) in [7, 11) is 1.39. The quantitative estimate of drug-likeness (QED) is 0.316. The van der Waals surface area contributed by atoms with Crippen molar-refractivity contribution < 1.29 is 24.0 Å². The lowest BCUT2D eigenvalue weighted by Gasteiger charge is -2.38. The second-order valence-corrected chi connectivity index (χ2v) is 7.69. The number of imide groups is 1. The van der Waals surface area contributed by atoms with Gasteiger partial charge in [-0.1, -0.05) is 12.2 Å². The molecule has 0 spiro atoms. The van der Waals surface area contributed by atoms with Gasteiger partial charge in [-0.25, -0.2) is 4.79 Å². The van der Waals surface area contributed by atoms with Crippen LogP contribution in [-0.4, -0.2) is 47.9 Å². The predicted octanol–water partition coefficient (Wildman–Crippen LogP) is 1.92. The van der Waals surface area contributed by atoms with Gasteiger partial charge in [0.15, 0.2) is 0 Å². The van der Waals surface area contributed by atoms with E-state index in [1.165, 1.54) is 30.2 Å². The minimum atomic E-state index is -0.618. The molecule has 1 aromatic rings. The van der Waals surface area contributed by atoms with Crippen molar-refractivity contribution in [3.63, 3.8) is 0 Å². The number of non-ortho nitro benzene ring substituents is 1. The number of likely N-dealkylation sites (tertiary alicyclic amines) is 1. The number of hydrogen-bond donors (Lipinski definition) is 2. The summed E-state index contributed by atoms with van der Waals surface area (Å²) < 4.78 is 5.11. The zero-order valence-electron chi connectivity index (χ0n) is 16.4. The number of carbonyl (C=O) groups is 3. The maximum atomic E-state index is 12.8. The summed E-state index contributed by atoms with van der Waals surface area (Å²) in [5.41, 5.74) is -0.0450. The second-order valence-electron chi connectivity index (χ2n) is 7.69. The number of anilines is 1. The van der Waals surface area contributed by atoms with Gasteiger partial charge < -0.3 is 15.4 Å². The minimum Gasteiger partial charge on any atom is -0.495 e. The van der Waals surface area contributed by atoms with Crippen LogP contribution in [0.5, 0.6) is 5.75 Å². The van der Waals surface area contributed by atoms with Crippen LogP contribution in [0, 0.1) is 33.8 Å². The first kappa shape index (κ1) is 19.9. The highest BCUT2D eigenvalue weighted by Gasteiger charge is 2.56. The summed E-state index contributed by atoms with van der Waals surface area (Å²) in [6.07, 6.45) is 5.98. The Kier molecular flexibility index (Phi) is 5.15. The van der Waals surface area contributed by atoms with Crippen LogP contribution in [0.4, 0.5) is 16.2 Å². The van der Waals surface area contributed by atoms with Crippen LogP contribution in [0.25, 0.3) is 0 Å². The van der Waals surface area contributed by atoms with E-state index in [-0.39, 0.29) is 65.7 Å². The maximum Gasteiger partial charge on any atom is 0.319 e. The van der Waals surface area contributed by atoms with Gasteiger partial charge in [-0.2, -0.15) is 0 Å². The van der Waals surface area contributed by atoms with Crippen LogP contribution in [0.15, 0.2) is 30.4 Å². The molecule has 4 aliphatic rings. The maximum absolute atomic E-state index is 12.8. The van der Waals surface area contributed by atoms with Gasteiger partial charge in [-0.3, -0.25) is 24.6 Å². The van der Waals surface area contributed by atoms with Gasteiger partial charge in [0.2, 0.25) is 11.8 Å². The molecule has 1 saturated carbocycles. The van der Waals surface area contributed by atoms with E-state index in [4.69, 9.17) is 4.74 Å². The number of ether oxygens (including phenoxy) is 1. The Morgan fingerprint density at radius 1 is 1.20 bits per heavy atom. The van der Waals surface area contributed by atoms with Gasteiger partial charge in [-0.15, -0.1) is 0 Å². The van der Waals surface area contributed by atoms with Crippen molar-refractivity contribution in [1.82, 2.24) is 10.2 Å². The van der Waals surface area contributed by atoms with E-state index in [9.17, 15) is 24.5 Å². The fourth-order valence-corrected chi connectivity index (χ4v) is 4.71. The third kappa shape index (κ3) is 3.38. The largest absolute Gasteiger partial charge is 0.495 e. The smallest absolute Gasteiger partial charge is 0.319 e. The molecule has 3 aliphatic carbocycles. The predicted molar refractivity (Wildman–Crippen MR) is 106 cm³/mol. The molecule has 1 heterocycles. The first-order chi connectivity index (χ1) is 14.4. The number of rotatable bonds is 6. The molecule has 1 saturated heterocycles. The van der Waals surface area contributed by atoms with Crippen molar-refractivity contribution in [1.29, 1.82) is 0 Å². The van der Waals surface area contributed by atoms with Gasteiger partial charge >= 0.3 is 6.03 Å². The monoisotopic (exact) mass is 414 g/mol. The second kappa shape index (κ2) is 7.77. The van der Waals surface area contributed by atoms with E-state index in [2.05, 4.69) is 22.8 Å². The number of nitrogens with one attached hydrogen (secondary N) is 2. The number of benzene rings is 1. The first-order valence-electron chi connectivity index (χ1n) is 9.81. The Bertz CT molecular complexity index is 913. The summed E-state index contributed by atoms with van der Waals surface area (Å²) >= 11 is 0. The van der Waals surface area contributed by atoms with E-state index in [1.54, 1.807) is 0 Å². The van der Waals surface area contributed by atoms with Gasteiger partial charge in [0.1, 0.15) is 5.75 Å². The molecule has 1 aliphatic heterocycles. The number of carbonyl (C=O) groups excluding carboxylic acids is 3. The van der Waals surface area contributed by atoms with Crippen molar-refractivity contribution in [2.24, 2.45) is 23.7 Å². The number of amides is 4. The molecule has 4 atom stereocenters. The lowest BCUT2D eigenvalue weighted by molar-refractivity contribution is -0.384. The summed E-state index contributed by atoms with van der Waals surface area (Å²) in [5, 5.41) is 16.0. The van der Waals surface area contributed by atoms with Gasteiger partial charge in [-0.05, 0) is 30.7 Å². The molecule has 2 bridgehead atoms. The van der Waals surface area contributed by atoms with E-state index >= 15 is 0 Å². The number of allylic oxidation sites excluding steroid dienone is 2. The third-order valence-corrected chi connectivity index (χ3v) is 6.11. The Balaban J connectivity index is 1.35. The highest BCUT2D eigenvalue weighted by molar-refractivity contribution is 6.06. The van der Waals surface area contributed by atoms with Gasteiger partial charge in [0.25, 0.3) is 5.69 Å². The summed E-state index contributed by atoms with van der Waals surface area (Å²) in [6, 6.07) is 3.24. The van der Waals surface area contributed by atoms with Crippen LogP contribution in [-0.2, 0) is 9.59 Å². The number of nitro benzene ring substituents is 1. The van der Waals surface area contributed by atoms with Crippen molar-refractivity contribution >= 4 is 29.2 Å². The Morgan fingerprint density at radius 2 is 1.83 bits per heavy atom. The van der Waals surface area contributed by atoms with Crippen molar-refractivity contribution in [3.05, 3.63) is 40.5 Å². The summed E-state index contributed by atoms with van der Waals surface area (Å²) in [5.74, 6) is -0.350. The Hall–Kier alpha value is -3.43. The number of nitro groups is 1. The summed E-state index contributed by atoms with van der Waals surface area (Å²) in [6.45, 7) is 0.159. The molecule has 4 amide bonds. The van der Waals surface area contributed by atoms with Gasteiger partial charge in [0, 0.05) is 25.2 Å². The molecule has 4 unspecified atom stereocenters. The minimum absolute atomic E-state index is 0.0722. The van der Waals surface area contributed by atoms with E-state index < -0.39 is 11.0 Å². The molecule has 10 nitrogen and oxygen atoms in total. The fourth-order valence-electron chi connectivity index (χ4n) is 4.71. The van der Waals surface area contributed by atoms with Crippen LogP contribution in [0.1, 0.15) is 12.8 Å². The number of hydrogen-bond acceptors (Lipinski definition) is 6. The van der Waals surface area contributed by atoms with Crippen LogP contribution in [0.3, 0.4) is 0 Å². The molecule has 2 fully saturated rings. The molecule has 1 aromatic carbocycles. The molecule has 2 N–H and O–H groups in total. The molecule has 5 rings (SSSR count). The van der Waals surface area contributed by atoms with Crippen LogP contribution in [0.2, 0.25) is 0 Å². The normalized spacial score (nSPS) is 26.5. The SMILES string of the molecule is COc1ccc([N+](=O)[O-])cc1NC(=O)NCCN1C(=O)C2C3C=CC(CC3)C2C1=O. The van der Waals surface area contributed by atoms with Crippen molar-refractivity contribution in [3.8, 4) is 5.75 Å². The highest BCUT2D eigenvalue weighted by Crippen LogP contribution is 2.49. The van der Waals surface area contributed by atoms with E-state index in [0.717, 1.165) is 12.8 Å². The number of urea groups is 1. The molecule has 0 aromatic heterocycles. The number of methoxy groups -OCH3 is 1.